The third-order valence-corrected chi connectivity index (χ3v) is 3.96. The molecular weight excluding hydrogens is 200 g/mol. The van der Waals surface area contributed by atoms with Crippen molar-refractivity contribution >= 4 is 5.78 Å². The number of ketones is 1. The monoisotopic (exact) mass is 218 g/mol. The Morgan fingerprint density at radius 3 is 2.69 bits per heavy atom. The minimum Gasteiger partial charge on any atom is -0.385 e. The lowest BCUT2D eigenvalue weighted by atomic mass is 9.65. The van der Waals surface area contributed by atoms with Gasteiger partial charge in [-0.25, -0.2) is 0 Å². The Kier molecular flexibility index (Phi) is 2.90. The summed E-state index contributed by atoms with van der Waals surface area (Å²) in [4.78, 5) is 12.0. The van der Waals surface area contributed by atoms with Crippen LogP contribution in [0, 0.1) is 17.8 Å². The Bertz CT molecular complexity index is 363. The van der Waals surface area contributed by atoms with Gasteiger partial charge >= 0.3 is 0 Å². The number of carbonyl (C=O) groups is 1. The SMILES string of the molecule is C#CCC1(O)C=CC2(CCCCC2=O)CC1. The second-order valence-corrected chi connectivity index (χ2v) is 5.10. The number of rotatable bonds is 1. The van der Waals surface area contributed by atoms with Crippen LogP contribution in [0.2, 0.25) is 0 Å². The zero-order chi connectivity index (χ0) is 11.6. The van der Waals surface area contributed by atoms with Crippen molar-refractivity contribution in [2.75, 3.05) is 0 Å². The fourth-order valence-electron chi connectivity index (χ4n) is 2.80. The number of hydrogen-bond donors (Lipinski definition) is 1. The lowest BCUT2D eigenvalue weighted by molar-refractivity contribution is -0.129. The molecule has 0 bridgehead atoms. The fourth-order valence-corrected chi connectivity index (χ4v) is 2.80. The van der Waals surface area contributed by atoms with E-state index in [2.05, 4.69) is 5.92 Å². The van der Waals surface area contributed by atoms with Crippen molar-refractivity contribution in [1.29, 1.82) is 0 Å². The van der Waals surface area contributed by atoms with Gasteiger partial charge in [-0.15, -0.1) is 12.3 Å². The highest BCUT2D eigenvalue weighted by Gasteiger charge is 2.42. The molecule has 0 saturated heterocycles. The highest BCUT2D eigenvalue weighted by Crippen LogP contribution is 2.44. The molecular formula is C14H18O2. The van der Waals surface area contributed by atoms with Crippen molar-refractivity contribution in [3.8, 4) is 12.3 Å². The molecule has 2 heteroatoms. The molecule has 86 valence electrons. The maximum absolute atomic E-state index is 12.0. The molecule has 0 heterocycles. The topological polar surface area (TPSA) is 37.3 Å². The Labute approximate surface area is 96.7 Å². The third kappa shape index (κ3) is 1.92. The fraction of sp³-hybridized carbons (Fsp3) is 0.643. The first-order chi connectivity index (χ1) is 7.60. The van der Waals surface area contributed by atoms with Gasteiger partial charge in [-0.2, -0.15) is 0 Å². The van der Waals surface area contributed by atoms with Gasteiger partial charge in [0.15, 0.2) is 0 Å². The van der Waals surface area contributed by atoms with Gasteiger partial charge in [-0.05, 0) is 25.7 Å². The van der Waals surface area contributed by atoms with Crippen molar-refractivity contribution in [2.24, 2.45) is 5.41 Å². The van der Waals surface area contributed by atoms with Crippen molar-refractivity contribution in [1.82, 2.24) is 0 Å². The van der Waals surface area contributed by atoms with Gasteiger partial charge in [0.2, 0.25) is 0 Å². The van der Waals surface area contributed by atoms with Crippen molar-refractivity contribution in [3.63, 3.8) is 0 Å². The smallest absolute Gasteiger partial charge is 0.142 e. The molecule has 1 N–H and O–H groups in total. The minimum absolute atomic E-state index is 0.279. The van der Waals surface area contributed by atoms with Crippen LogP contribution in [0.5, 0.6) is 0 Å². The second kappa shape index (κ2) is 4.07. The molecule has 0 aliphatic heterocycles. The van der Waals surface area contributed by atoms with E-state index < -0.39 is 5.60 Å². The molecule has 1 saturated carbocycles. The minimum atomic E-state index is -0.877. The van der Waals surface area contributed by atoms with Crippen LogP contribution in [0.25, 0.3) is 0 Å². The summed E-state index contributed by atoms with van der Waals surface area (Å²) in [6.07, 6.45) is 14.4. The average molecular weight is 218 g/mol. The number of hydrogen-bond acceptors (Lipinski definition) is 2. The van der Waals surface area contributed by atoms with E-state index in [1.54, 1.807) is 6.08 Å². The van der Waals surface area contributed by atoms with Crippen molar-refractivity contribution in [2.45, 2.75) is 50.5 Å². The summed E-state index contributed by atoms with van der Waals surface area (Å²) in [6.45, 7) is 0. The number of allylic oxidation sites excluding steroid dienone is 1. The van der Waals surface area contributed by atoms with Gasteiger partial charge < -0.3 is 5.11 Å². The van der Waals surface area contributed by atoms with Crippen molar-refractivity contribution < 1.29 is 9.90 Å². The molecule has 0 aromatic heterocycles. The summed E-state index contributed by atoms with van der Waals surface area (Å²) >= 11 is 0. The molecule has 2 atom stereocenters. The van der Waals surface area contributed by atoms with Gasteiger partial charge in [0.1, 0.15) is 5.78 Å². The molecule has 2 rings (SSSR count). The first-order valence-corrected chi connectivity index (χ1v) is 6.00. The van der Waals surface area contributed by atoms with E-state index in [0.717, 1.165) is 25.7 Å². The molecule has 2 nitrogen and oxygen atoms in total. The molecule has 0 amide bonds. The van der Waals surface area contributed by atoms with E-state index in [1.165, 1.54) is 0 Å². The Balaban J connectivity index is 2.17. The molecule has 0 aromatic rings. The van der Waals surface area contributed by atoms with E-state index in [0.29, 0.717) is 25.0 Å². The van der Waals surface area contributed by atoms with Gasteiger partial charge in [0.25, 0.3) is 0 Å². The summed E-state index contributed by atoms with van der Waals surface area (Å²) in [5, 5.41) is 10.1. The number of aliphatic hydroxyl groups is 1. The number of Topliss-reactive ketones (excluding diaryl/α,β-unsaturated/α-hetero) is 1. The second-order valence-electron chi connectivity index (χ2n) is 5.10. The summed E-state index contributed by atoms with van der Waals surface area (Å²) in [5.74, 6) is 2.84. The van der Waals surface area contributed by atoms with E-state index in [1.807, 2.05) is 6.08 Å². The quantitative estimate of drug-likeness (QED) is 0.541. The predicted octanol–water partition coefficient (Wildman–Crippen LogP) is 2.22. The van der Waals surface area contributed by atoms with Crippen LogP contribution in [0.3, 0.4) is 0 Å². The van der Waals surface area contributed by atoms with Crippen LogP contribution in [0.15, 0.2) is 12.2 Å². The van der Waals surface area contributed by atoms with E-state index in [9.17, 15) is 9.90 Å². The molecule has 1 fully saturated rings. The lowest BCUT2D eigenvalue weighted by Gasteiger charge is -2.39. The maximum Gasteiger partial charge on any atom is 0.142 e. The molecule has 16 heavy (non-hydrogen) atoms. The first-order valence-electron chi connectivity index (χ1n) is 6.00. The van der Waals surface area contributed by atoms with E-state index in [4.69, 9.17) is 6.42 Å². The van der Waals surface area contributed by atoms with Crippen LogP contribution >= 0.6 is 0 Å². The first kappa shape index (κ1) is 11.4. The predicted molar refractivity (Wildman–Crippen MR) is 62.7 cm³/mol. The largest absolute Gasteiger partial charge is 0.385 e. The van der Waals surface area contributed by atoms with Crippen LogP contribution < -0.4 is 0 Å². The highest BCUT2D eigenvalue weighted by atomic mass is 16.3. The molecule has 2 unspecified atom stereocenters. The van der Waals surface area contributed by atoms with Gasteiger partial charge in [-0.1, -0.05) is 18.6 Å². The third-order valence-electron chi connectivity index (χ3n) is 3.96. The van der Waals surface area contributed by atoms with E-state index in [-0.39, 0.29) is 5.41 Å². The molecule has 0 aromatic carbocycles. The molecule has 2 aliphatic carbocycles. The van der Waals surface area contributed by atoms with Gasteiger partial charge in [-0.3, -0.25) is 4.79 Å². The Morgan fingerprint density at radius 2 is 2.12 bits per heavy atom. The maximum atomic E-state index is 12.0. The highest BCUT2D eigenvalue weighted by molar-refractivity contribution is 5.87. The average Bonchev–Trinajstić information content (AvgIpc) is 2.27. The van der Waals surface area contributed by atoms with Crippen LogP contribution in [0.4, 0.5) is 0 Å². The number of terminal acetylenes is 1. The number of carbonyl (C=O) groups excluding carboxylic acids is 1. The Hall–Kier alpha value is -1.07. The summed E-state index contributed by atoms with van der Waals surface area (Å²) in [7, 11) is 0. The lowest BCUT2D eigenvalue weighted by Crippen LogP contribution is -2.40. The van der Waals surface area contributed by atoms with Crippen LogP contribution in [0.1, 0.15) is 44.9 Å². The standard InChI is InChI=1S/C14H18O2/c1-2-6-14(16)10-8-13(9-11-14)7-4-3-5-12(13)15/h1,8,10,16H,3-7,9,11H2. The van der Waals surface area contributed by atoms with E-state index >= 15 is 0 Å². The summed E-state index contributed by atoms with van der Waals surface area (Å²) in [5.41, 5.74) is -1.16. The van der Waals surface area contributed by atoms with Gasteiger partial charge in [0, 0.05) is 18.3 Å². The van der Waals surface area contributed by atoms with Gasteiger partial charge in [0.05, 0.1) is 5.60 Å². The summed E-state index contributed by atoms with van der Waals surface area (Å²) < 4.78 is 0. The molecule has 2 aliphatic rings. The summed E-state index contributed by atoms with van der Waals surface area (Å²) in [6, 6.07) is 0. The van der Waals surface area contributed by atoms with Crippen molar-refractivity contribution in [3.05, 3.63) is 12.2 Å². The zero-order valence-electron chi connectivity index (χ0n) is 9.54. The van der Waals surface area contributed by atoms with Crippen LogP contribution in [-0.2, 0) is 4.79 Å². The molecule has 0 radical (unpaired) electrons. The normalized spacial score (nSPS) is 38.6. The molecule has 1 spiro atoms. The Morgan fingerprint density at radius 1 is 1.31 bits per heavy atom. The van der Waals surface area contributed by atoms with Crippen LogP contribution in [-0.4, -0.2) is 16.5 Å². The zero-order valence-corrected chi connectivity index (χ0v) is 9.54.